The normalized spacial score (nSPS) is 14.9. The first-order chi connectivity index (χ1) is 18.2. The van der Waals surface area contributed by atoms with Gasteiger partial charge in [0.25, 0.3) is 5.91 Å². The third-order valence-electron chi connectivity index (χ3n) is 6.74. The molecule has 4 N–H and O–H groups in total. The summed E-state index contributed by atoms with van der Waals surface area (Å²) in [5.41, 5.74) is 3.37. The largest absolute Gasteiger partial charge is 0.380 e. The Kier molecular flexibility index (Phi) is 6.85. The van der Waals surface area contributed by atoms with Crippen LogP contribution in [0.4, 0.5) is 17.5 Å². The molecule has 1 saturated heterocycles. The second-order valence-corrected chi connectivity index (χ2v) is 10.0. The van der Waals surface area contributed by atoms with Gasteiger partial charge in [0.2, 0.25) is 0 Å². The number of hydrogen-bond acceptors (Lipinski definition) is 8. The highest BCUT2D eigenvalue weighted by molar-refractivity contribution is 5.85. The van der Waals surface area contributed by atoms with Crippen molar-refractivity contribution in [2.45, 2.75) is 52.7 Å². The topological polar surface area (TPSA) is 137 Å². The van der Waals surface area contributed by atoms with Crippen molar-refractivity contribution in [3.05, 3.63) is 70.8 Å². The van der Waals surface area contributed by atoms with Crippen molar-refractivity contribution in [3.8, 4) is 5.82 Å². The number of nitrogens with one attached hydrogen (secondary N) is 3. The van der Waals surface area contributed by atoms with Crippen LogP contribution in [0.15, 0.2) is 42.6 Å². The predicted octanol–water partition coefficient (Wildman–Crippen LogP) is 3.01. The first-order valence-electron chi connectivity index (χ1n) is 12.7. The number of carbonyl (C=O) groups is 1. The summed E-state index contributed by atoms with van der Waals surface area (Å²) in [5, 5.41) is 28.8. The fourth-order valence-electron chi connectivity index (χ4n) is 4.68. The Bertz CT molecular complexity index is 1430. The summed E-state index contributed by atoms with van der Waals surface area (Å²) in [5.74, 6) is 2.55. The van der Waals surface area contributed by atoms with Crippen LogP contribution >= 0.6 is 0 Å². The van der Waals surface area contributed by atoms with Crippen molar-refractivity contribution in [2.24, 2.45) is 0 Å². The fraction of sp³-hybridized carbons (Fsp3) is 0.370. The average molecular weight is 516 g/mol. The van der Waals surface area contributed by atoms with Crippen molar-refractivity contribution in [1.82, 2.24) is 35.3 Å². The maximum atomic E-state index is 12.9. The van der Waals surface area contributed by atoms with Crippen LogP contribution in [0.5, 0.6) is 0 Å². The van der Waals surface area contributed by atoms with Gasteiger partial charge in [-0.1, -0.05) is 6.07 Å². The highest BCUT2D eigenvalue weighted by Crippen LogP contribution is 2.28. The van der Waals surface area contributed by atoms with Gasteiger partial charge in [-0.3, -0.25) is 9.89 Å². The second kappa shape index (κ2) is 10.3. The molecule has 0 saturated carbocycles. The number of nitrogens with zero attached hydrogens (tertiary/aromatic N) is 6. The number of piperidine rings is 1. The van der Waals surface area contributed by atoms with E-state index in [1.807, 2.05) is 64.1 Å². The molecule has 1 fully saturated rings. The summed E-state index contributed by atoms with van der Waals surface area (Å²) in [6.45, 7) is 9.19. The zero-order valence-electron chi connectivity index (χ0n) is 22.1. The zero-order valence-corrected chi connectivity index (χ0v) is 22.1. The van der Waals surface area contributed by atoms with Gasteiger partial charge in [0.05, 0.1) is 5.69 Å². The van der Waals surface area contributed by atoms with E-state index in [1.165, 1.54) is 0 Å². The van der Waals surface area contributed by atoms with E-state index in [0.29, 0.717) is 37.6 Å². The lowest BCUT2D eigenvalue weighted by atomic mass is 9.90. The van der Waals surface area contributed by atoms with Gasteiger partial charge in [-0.25, -0.2) is 14.6 Å². The SMILES string of the molecule is Cc1cc(Nc2cc(C)[nH]n2)nc(N2CCC(O)(C(=O)NCc3ccc(-n4nc(C)cc4C)nc3)CC2)c1. The van der Waals surface area contributed by atoms with Crippen LogP contribution in [0.25, 0.3) is 5.82 Å². The van der Waals surface area contributed by atoms with Crippen molar-refractivity contribution >= 4 is 23.4 Å². The fourth-order valence-corrected chi connectivity index (χ4v) is 4.68. The quantitative estimate of drug-likeness (QED) is 0.295. The van der Waals surface area contributed by atoms with Gasteiger partial charge in [-0.15, -0.1) is 0 Å². The molecule has 0 bridgehead atoms. The molecule has 0 atom stereocenters. The van der Waals surface area contributed by atoms with E-state index in [9.17, 15) is 9.90 Å². The molecule has 0 aliphatic carbocycles. The Morgan fingerprint density at radius 1 is 1.05 bits per heavy atom. The third kappa shape index (κ3) is 5.52. The van der Waals surface area contributed by atoms with Crippen molar-refractivity contribution in [2.75, 3.05) is 23.3 Å². The second-order valence-electron chi connectivity index (χ2n) is 10.0. The Hall–Kier alpha value is -4.25. The predicted molar refractivity (Wildman–Crippen MR) is 145 cm³/mol. The van der Waals surface area contributed by atoms with Crippen LogP contribution < -0.4 is 15.5 Å². The Morgan fingerprint density at radius 2 is 1.84 bits per heavy atom. The minimum Gasteiger partial charge on any atom is -0.380 e. The van der Waals surface area contributed by atoms with Gasteiger partial charge in [0.1, 0.15) is 17.2 Å². The molecular weight excluding hydrogens is 482 g/mol. The van der Waals surface area contributed by atoms with Crippen molar-refractivity contribution < 1.29 is 9.90 Å². The maximum Gasteiger partial charge on any atom is 0.252 e. The molecule has 0 spiro atoms. The lowest BCUT2D eigenvalue weighted by Crippen LogP contribution is -2.53. The molecule has 11 nitrogen and oxygen atoms in total. The molecule has 0 radical (unpaired) electrons. The molecule has 4 aromatic heterocycles. The van der Waals surface area contributed by atoms with Gasteiger partial charge in [-0.2, -0.15) is 10.2 Å². The number of aromatic amines is 1. The molecule has 4 aromatic rings. The van der Waals surface area contributed by atoms with Crippen LogP contribution in [0, 0.1) is 27.7 Å². The average Bonchev–Trinajstić information content (AvgIpc) is 3.46. The summed E-state index contributed by atoms with van der Waals surface area (Å²) in [7, 11) is 0. The molecule has 11 heteroatoms. The van der Waals surface area contributed by atoms with Crippen LogP contribution in [0.2, 0.25) is 0 Å². The number of anilines is 3. The van der Waals surface area contributed by atoms with E-state index < -0.39 is 5.60 Å². The number of hydrogen-bond donors (Lipinski definition) is 4. The number of rotatable bonds is 7. The summed E-state index contributed by atoms with van der Waals surface area (Å²) in [6, 6.07) is 11.7. The van der Waals surface area contributed by atoms with E-state index in [-0.39, 0.29) is 12.5 Å². The number of amides is 1. The molecule has 0 unspecified atom stereocenters. The Morgan fingerprint density at radius 3 is 2.47 bits per heavy atom. The van der Waals surface area contributed by atoms with Crippen molar-refractivity contribution in [1.29, 1.82) is 0 Å². The summed E-state index contributed by atoms with van der Waals surface area (Å²) >= 11 is 0. The van der Waals surface area contributed by atoms with Crippen LogP contribution in [0.1, 0.15) is 41.1 Å². The standard InChI is InChI=1S/C27H33N9O2/c1-17-11-22(30-23-14-18(2)32-33-23)31-25(12-17)35-9-7-27(38,8-10-35)26(37)29-16-21-5-6-24(28-15-21)36-20(4)13-19(3)34-36/h5-6,11-15,38H,7-10,16H2,1-4H3,(H,29,37)(H2,30,31,32,33). The van der Waals surface area contributed by atoms with Gasteiger partial charge in [0, 0.05) is 56.1 Å². The smallest absolute Gasteiger partial charge is 0.252 e. The highest BCUT2D eigenvalue weighted by Gasteiger charge is 2.39. The van der Waals surface area contributed by atoms with Crippen LogP contribution in [0.3, 0.4) is 0 Å². The van der Waals surface area contributed by atoms with Gasteiger partial charge >= 0.3 is 0 Å². The van der Waals surface area contributed by atoms with Crippen molar-refractivity contribution in [3.63, 3.8) is 0 Å². The molecule has 1 aliphatic rings. The molecule has 5 rings (SSSR count). The first kappa shape index (κ1) is 25.4. The van der Waals surface area contributed by atoms with Crippen LogP contribution in [-0.4, -0.2) is 59.7 Å². The van der Waals surface area contributed by atoms with Gasteiger partial charge in [0.15, 0.2) is 11.6 Å². The molecule has 0 aromatic carbocycles. The number of aromatic nitrogens is 6. The zero-order chi connectivity index (χ0) is 26.9. The maximum absolute atomic E-state index is 12.9. The Balaban J connectivity index is 1.17. The molecule has 5 heterocycles. The van der Waals surface area contributed by atoms with E-state index >= 15 is 0 Å². The summed E-state index contributed by atoms with van der Waals surface area (Å²) in [6.07, 6.45) is 2.34. The minimum atomic E-state index is -1.43. The first-order valence-corrected chi connectivity index (χ1v) is 12.7. The summed E-state index contributed by atoms with van der Waals surface area (Å²) in [4.78, 5) is 24.2. The summed E-state index contributed by atoms with van der Waals surface area (Å²) < 4.78 is 1.79. The molecule has 1 amide bonds. The highest BCUT2D eigenvalue weighted by atomic mass is 16.3. The number of carbonyl (C=O) groups excluding carboxylic acids is 1. The number of aryl methyl sites for hydroxylation is 4. The molecule has 198 valence electrons. The van der Waals surface area contributed by atoms with Crippen LogP contribution in [-0.2, 0) is 11.3 Å². The number of H-pyrrole nitrogens is 1. The monoisotopic (exact) mass is 515 g/mol. The van der Waals surface area contributed by atoms with Gasteiger partial charge in [-0.05, 0) is 63.1 Å². The Labute approximate surface area is 221 Å². The van der Waals surface area contributed by atoms with E-state index in [1.54, 1.807) is 10.9 Å². The van der Waals surface area contributed by atoms with E-state index in [0.717, 1.165) is 39.8 Å². The minimum absolute atomic E-state index is 0.288. The number of aliphatic hydroxyl groups is 1. The lowest BCUT2D eigenvalue weighted by Gasteiger charge is -2.37. The molecule has 38 heavy (non-hydrogen) atoms. The van der Waals surface area contributed by atoms with Gasteiger partial charge < -0.3 is 20.6 Å². The lowest BCUT2D eigenvalue weighted by molar-refractivity contribution is -0.142. The molecular formula is C27H33N9O2. The van der Waals surface area contributed by atoms with E-state index in [4.69, 9.17) is 4.98 Å². The van der Waals surface area contributed by atoms with E-state index in [2.05, 4.69) is 35.8 Å². The third-order valence-corrected chi connectivity index (χ3v) is 6.74. The molecule has 1 aliphatic heterocycles. The number of pyridine rings is 2.